The molecule has 1 N–H and O–H groups in total. The van der Waals surface area contributed by atoms with Crippen molar-refractivity contribution >= 4 is 5.78 Å². The third kappa shape index (κ3) is 2.62. The fraction of sp³-hybridized carbons (Fsp3) is 0.889. The van der Waals surface area contributed by atoms with E-state index in [0.29, 0.717) is 11.7 Å². The number of nitrogens with one attached hydrogen (secondary N) is 1. The Morgan fingerprint density at radius 1 is 1.45 bits per heavy atom. The number of carbonyl (C=O) groups excluding carboxylic acids is 1. The van der Waals surface area contributed by atoms with Gasteiger partial charge in [-0.25, -0.2) is 0 Å². The molecule has 0 aliphatic heterocycles. The number of hydrogen-bond donors (Lipinski definition) is 1. The van der Waals surface area contributed by atoms with Gasteiger partial charge in [0, 0.05) is 6.42 Å². The van der Waals surface area contributed by atoms with Crippen LogP contribution >= 0.6 is 0 Å². The van der Waals surface area contributed by atoms with Crippen LogP contribution in [0.5, 0.6) is 0 Å². The maximum atomic E-state index is 11.3. The Labute approximate surface area is 68.6 Å². The molecule has 1 rings (SSSR count). The van der Waals surface area contributed by atoms with Gasteiger partial charge in [0.15, 0.2) is 0 Å². The molecule has 11 heavy (non-hydrogen) atoms. The average molecular weight is 156 g/mol. The van der Waals surface area contributed by atoms with Crippen molar-refractivity contribution in [2.45, 2.75) is 25.7 Å². The van der Waals surface area contributed by atoms with E-state index >= 15 is 0 Å². The van der Waals surface area contributed by atoms with E-state index in [0.717, 1.165) is 25.8 Å². The van der Waals surface area contributed by atoms with Crippen molar-refractivity contribution in [3.63, 3.8) is 0 Å². The first-order chi connectivity index (χ1) is 5.20. The monoisotopic (exact) mass is 156 g/mol. The second-order valence-electron chi connectivity index (χ2n) is 3.82. The van der Waals surface area contributed by atoms with Crippen molar-refractivity contribution in [2.75, 3.05) is 20.6 Å². The minimum Gasteiger partial charge on any atom is -0.339 e. The van der Waals surface area contributed by atoms with Crippen LogP contribution in [0.4, 0.5) is 0 Å². The van der Waals surface area contributed by atoms with Crippen LogP contribution in [0.3, 0.4) is 0 Å². The topological polar surface area (TPSA) is 21.5 Å². The summed E-state index contributed by atoms with van der Waals surface area (Å²) in [4.78, 5) is 12.7. The standard InChI is InChI=1S/C9H17NO/c1-10(2)7-8-5-3-4-6-9(8)11/h8H,3-7H2,1-2H3/p+1/t8-/m0/s1. The molecule has 0 aromatic heterocycles. The maximum Gasteiger partial charge on any atom is 0.141 e. The van der Waals surface area contributed by atoms with Gasteiger partial charge in [-0.05, 0) is 12.8 Å². The molecule has 0 aromatic rings. The average Bonchev–Trinajstić information content (AvgIpc) is 1.93. The third-order valence-corrected chi connectivity index (χ3v) is 2.34. The normalized spacial score (nSPS) is 26.1. The highest BCUT2D eigenvalue weighted by atomic mass is 16.1. The van der Waals surface area contributed by atoms with Crippen LogP contribution in [0.1, 0.15) is 25.7 Å². The molecule has 0 spiro atoms. The number of Topliss-reactive ketones (excluding diaryl/α,β-unsaturated/α-hetero) is 1. The van der Waals surface area contributed by atoms with E-state index in [2.05, 4.69) is 14.1 Å². The van der Waals surface area contributed by atoms with E-state index in [-0.39, 0.29) is 0 Å². The lowest BCUT2D eigenvalue weighted by Gasteiger charge is -2.21. The lowest BCUT2D eigenvalue weighted by atomic mass is 9.88. The SMILES string of the molecule is C[NH+](C)C[C@@H]1CCCCC1=O. The summed E-state index contributed by atoms with van der Waals surface area (Å²) in [5.41, 5.74) is 0. The summed E-state index contributed by atoms with van der Waals surface area (Å²) in [5.74, 6) is 0.867. The molecule has 1 saturated carbocycles. The number of rotatable bonds is 2. The molecular formula is C9H18NO+. The molecule has 1 aliphatic rings. The predicted molar refractivity (Wildman–Crippen MR) is 44.6 cm³/mol. The summed E-state index contributed by atoms with van der Waals surface area (Å²) >= 11 is 0. The molecule has 0 saturated heterocycles. The second kappa shape index (κ2) is 3.86. The van der Waals surface area contributed by atoms with E-state index in [1.165, 1.54) is 11.3 Å². The third-order valence-electron chi connectivity index (χ3n) is 2.34. The number of hydrogen-bond acceptors (Lipinski definition) is 1. The maximum absolute atomic E-state index is 11.3. The van der Waals surface area contributed by atoms with Crippen molar-refractivity contribution in [2.24, 2.45) is 5.92 Å². The van der Waals surface area contributed by atoms with Gasteiger partial charge < -0.3 is 4.90 Å². The molecule has 2 nitrogen and oxygen atoms in total. The van der Waals surface area contributed by atoms with Crippen LogP contribution in [0.25, 0.3) is 0 Å². The van der Waals surface area contributed by atoms with Gasteiger partial charge in [-0.2, -0.15) is 0 Å². The van der Waals surface area contributed by atoms with Crippen molar-refractivity contribution in [3.05, 3.63) is 0 Å². The summed E-state index contributed by atoms with van der Waals surface area (Å²) in [7, 11) is 4.23. The lowest BCUT2D eigenvalue weighted by molar-refractivity contribution is -0.860. The minimum absolute atomic E-state index is 0.369. The predicted octanol–water partition coefficient (Wildman–Crippen LogP) is -0.110. The molecule has 1 atom stereocenters. The highest BCUT2D eigenvalue weighted by molar-refractivity contribution is 5.81. The smallest absolute Gasteiger partial charge is 0.141 e. The minimum atomic E-state index is 0.369. The van der Waals surface area contributed by atoms with E-state index in [4.69, 9.17) is 0 Å². The summed E-state index contributed by atoms with van der Waals surface area (Å²) < 4.78 is 0. The molecule has 0 amide bonds. The van der Waals surface area contributed by atoms with Gasteiger partial charge in [0.05, 0.1) is 26.6 Å². The zero-order valence-corrected chi connectivity index (χ0v) is 7.52. The molecule has 2 heteroatoms. The molecule has 1 fully saturated rings. The zero-order chi connectivity index (χ0) is 8.27. The van der Waals surface area contributed by atoms with E-state index < -0.39 is 0 Å². The zero-order valence-electron chi connectivity index (χ0n) is 7.52. The van der Waals surface area contributed by atoms with Crippen molar-refractivity contribution < 1.29 is 9.69 Å². The number of quaternary nitrogens is 1. The Morgan fingerprint density at radius 3 is 2.73 bits per heavy atom. The Kier molecular flexibility index (Phi) is 3.06. The summed E-state index contributed by atoms with van der Waals surface area (Å²) in [6.07, 6.45) is 4.34. The number of carbonyl (C=O) groups is 1. The molecular weight excluding hydrogens is 138 g/mol. The van der Waals surface area contributed by atoms with Crippen LogP contribution in [-0.2, 0) is 4.79 Å². The van der Waals surface area contributed by atoms with Gasteiger partial charge in [0.25, 0.3) is 0 Å². The van der Waals surface area contributed by atoms with Crippen LogP contribution < -0.4 is 4.90 Å². The van der Waals surface area contributed by atoms with Gasteiger partial charge in [0.1, 0.15) is 5.78 Å². The van der Waals surface area contributed by atoms with Gasteiger partial charge in [0.2, 0.25) is 0 Å². The molecule has 0 unspecified atom stereocenters. The quantitative estimate of drug-likeness (QED) is 0.592. The largest absolute Gasteiger partial charge is 0.339 e. The first kappa shape index (κ1) is 8.72. The first-order valence-corrected chi connectivity index (χ1v) is 4.52. The van der Waals surface area contributed by atoms with E-state index in [9.17, 15) is 4.79 Å². The van der Waals surface area contributed by atoms with Crippen LogP contribution in [-0.4, -0.2) is 26.4 Å². The fourth-order valence-corrected chi connectivity index (χ4v) is 1.76. The highest BCUT2D eigenvalue weighted by Crippen LogP contribution is 2.18. The van der Waals surface area contributed by atoms with Crippen molar-refractivity contribution in [1.82, 2.24) is 0 Å². The van der Waals surface area contributed by atoms with Gasteiger partial charge >= 0.3 is 0 Å². The Hall–Kier alpha value is -0.370. The molecule has 0 radical (unpaired) electrons. The molecule has 0 aromatic carbocycles. The van der Waals surface area contributed by atoms with E-state index in [1.54, 1.807) is 0 Å². The second-order valence-corrected chi connectivity index (χ2v) is 3.82. The molecule has 0 heterocycles. The lowest BCUT2D eigenvalue weighted by Crippen LogP contribution is -3.06. The van der Waals surface area contributed by atoms with Crippen molar-refractivity contribution in [3.8, 4) is 0 Å². The molecule has 64 valence electrons. The number of ketones is 1. The van der Waals surface area contributed by atoms with Crippen LogP contribution in [0.15, 0.2) is 0 Å². The van der Waals surface area contributed by atoms with Gasteiger partial charge in [-0.3, -0.25) is 4.79 Å². The summed E-state index contributed by atoms with van der Waals surface area (Å²) in [6, 6.07) is 0. The van der Waals surface area contributed by atoms with Gasteiger partial charge in [-0.15, -0.1) is 0 Å². The Morgan fingerprint density at radius 2 is 2.18 bits per heavy atom. The van der Waals surface area contributed by atoms with Gasteiger partial charge in [-0.1, -0.05) is 6.42 Å². The van der Waals surface area contributed by atoms with Crippen LogP contribution in [0, 0.1) is 5.92 Å². The Balaban J connectivity index is 2.36. The van der Waals surface area contributed by atoms with Crippen LogP contribution in [0.2, 0.25) is 0 Å². The molecule has 1 aliphatic carbocycles. The summed E-state index contributed by atoms with van der Waals surface area (Å²) in [6.45, 7) is 1.03. The van der Waals surface area contributed by atoms with E-state index in [1.807, 2.05) is 0 Å². The van der Waals surface area contributed by atoms with Crippen molar-refractivity contribution in [1.29, 1.82) is 0 Å². The first-order valence-electron chi connectivity index (χ1n) is 4.52. The molecule has 0 bridgehead atoms. The summed E-state index contributed by atoms with van der Waals surface area (Å²) in [5, 5.41) is 0. The fourth-order valence-electron chi connectivity index (χ4n) is 1.76. The highest BCUT2D eigenvalue weighted by Gasteiger charge is 2.23. The Bertz CT molecular complexity index is 142.